The van der Waals surface area contributed by atoms with Gasteiger partial charge in [0.05, 0.1) is 6.10 Å². The summed E-state index contributed by atoms with van der Waals surface area (Å²) < 4.78 is 13.0. The Morgan fingerprint density at radius 2 is 1.70 bits per heavy atom. The first-order chi connectivity index (χ1) is 10.3. The standard InChI is InChI=1S/C16H31Cl3NO2P/c1-11(2)13-9-8-12(3)10-14(13)21-23(20(6)7)22-15(4,5)16(17,18)19/h11-14H,8-10H2,1-7H3/t12-,13+,14-,23?/m1/s1. The molecule has 0 saturated heterocycles. The molecule has 0 heterocycles. The van der Waals surface area contributed by atoms with E-state index in [1.165, 1.54) is 12.8 Å². The van der Waals surface area contributed by atoms with Crippen molar-refractivity contribution < 1.29 is 9.05 Å². The van der Waals surface area contributed by atoms with E-state index in [0.29, 0.717) is 17.8 Å². The molecule has 0 aromatic rings. The first-order valence-electron chi connectivity index (χ1n) is 8.25. The van der Waals surface area contributed by atoms with Crippen molar-refractivity contribution in [1.29, 1.82) is 0 Å². The molecule has 0 aromatic carbocycles. The van der Waals surface area contributed by atoms with Gasteiger partial charge in [-0.05, 0) is 58.5 Å². The Morgan fingerprint density at radius 1 is 1.13 bits per heavy atom. The minimum atomic E-state index is -1.51. The van der Waals surface area contributed by atoms with E-state index in [1.807, 2.05) is 18.8 Å². The maximum Gasteiger partial charge on any atom is 0.259 e. The van der Waals surface area contributed by atoms with Crippen LogP contribution in [0.15, 0.2) is 0 Å². The average Bonchev–Trinajstić information content (AvgIpc) is 2.35. The number of nitrogens with zero attached hydrogens (tertiary/aromatic N) is 1. The molecule has 138 valence electrons. The molecule has 1 aliphatic carbocycles. The summed E-state index contributed by atoms with van der Waals surface area (Å²) in [5.41, 5.74) is -0.929. The van der Waals surface area contributed by atoms with E-state index in [-0.39, 0.29) is 6.10 Å². The third-order valence-electron chi connectivity index (χ3n) is 4.50. The van der Waals surface area contributed by atoms with E-state index in [2.05, 4.69) is 20.8 Å². The molecule has 1 rings (SSSR count). The second-order valence-corrected chi connectivity index (χ2v) is 11.6. The Bertz CT molecular complexity index is 375. The molecule has 1 saturated carbocycles. The van der Waals surface area contributed by atoms with Crippen LogP contribution in [0.25, 0.3) is 0 Å². The monoisotopic (exact) mass is 405 g/mol. The van der Waals surface area contributed by atoms with E-state index in [0.717, 1.165) is 6.42 Å². The molecule has 1 unspecified atom stereocenters. The molecule has 0 aliphatic heterocycles. The molecular weight excluding hydrogens is 376 g/mol. The van der Waals surface area contributed by atoms with Gasteiger partial charge in [0.25, 0.3) is 8.53 Å². The van der Waals surface area contributed by atoms with E-state index in [9.17, 15) is 0 Å². The molecule has 0 aromatic heterocycles. The lowest BCUT2D eigenvalue weighted by Crippen LogP contribution is -2.40. The average molecular weight is 407 g/mol. The highest BCUT2D eigenvalue weighted by Gasteiger charge is 2.45. The van der Waals surface area contributed by atoms with E-state index >= 15 is 0 Å². The highest BCUT2D eigenvalue weighted by molar-refractivity contribution is 7.44. The Labute approximate surface area is 158 Å². The minimum Gasteiger partial charge on any atom is -0.318 e. The van der Waals surface area contributed by atoms with Crippen LogP contribution in [0, 0.1) is 17.8 Å². The fraction of sp³-hybridized carbons (Fsp3) is 1.00. The summed E-state index contributed by atoms with van der Waals surface area (Å²) in [4.78, 5) is 0. The quantitative estimate of drug-likeness (QED) is 0.375. The summed E-state index contributed by atoms with van der Waals surface area (Å²) in [6.07, 6.45) is 3.72. The summed E-state index contributed by atoms with van der Waals surface area (Å²) in [5.74, 6) is 1.82. The van der Waals surface area contributed by atoms with Crippen molar-refractivity contribution in [2.24, 2.45) is 17.8 Å². The number of rotatable bonds is 6. The third-order valence-corrected chi connectivity index (χ3v) is 7.58. The zero-order valence-electron chi connectivity index (χ0n) is 15.3. The second-order valence-electron chi connectivity index (χ2n) is 7.65. The molecule has 0 N–H and O–H groups in total. The van der Waals surface area contributed by atoms with Gasteiger partial charge in [0, 0.05) is 0 Å². The predicted molar refractivity (Wildman–Crippen MR) is 102 cm³/mol. The predicted octanol–water partition coefficient (Wildman–Crippen LogP) is 6.42. The number of alkyl halides is 3. The SMILES string of the molecule is CC(C)[C@@H]1CC[C@@H](C)C[C@H]1OP(OC(C)(C)C(Cl)(Cl)Cl)N(C)C. The molecule has 1 aliphatic rings. The maximum atomic E-state index is 6.42. The van der Waals surface area contributed by atoms with E-state index in [4.69, 9.17) is 43.9 Å². The second kappa shape index (κ2) is 8.71. The van der Waals surface area contributed by atoms with Gasteiger partial charge in [-0.25, -0.2) is 4.67 Å². The van der Waals surface area contributed by atoms with Crippen LogP contribution in [0.3, 0.4) is 0 Å². The largest absolute Gasteiger partial charge is 0.318 e. The molecule has 23 heavy (non-hydrogen) atoms. The van der Waals surface area contributed by atoms with Gasteiger partial charge in [-0.2, -0.15) is 0 Å². The summed E-state index contributed by atoms with van der Waals surface area (Å²) in [7, 11) is 2.60. The van der Waals surface area contributed by atoms with Gasteiger partial charge in [-0.1, -0.05) is 62.0 Å². The van der Waals surface area contributed by atoms with Gasteiger partial charge >= 0.3 is 0 Å². The molecular formula is C16H31Cl3NO2P. The van der Waals surface area contributed by atoms with Gasteiger partial charge < -0.3 is 9.05 Å². The highest BCUT2D eigenvalue weighted by atomic mass is 35.6. The summed E-state index contributed by atoms with van der Waals surface area (Å²) >= 11 is 18.2. The molecule has 3 nitrogen and oxygen atoms in total. The highest BCUT2D eigenvalue weighted by Crippen LogP contribution is 2.54. The zero-order valence-corrected chi connectivity index (χ0v) is 18.4. The van der Waals surface area contributed by atoms with Gasteiger partial charge in [-0.3, -0.25) is 0 Å². The summed E-state index contributed by atoms with van der Waals surface area (Å²) in [6, 6.07) is 0. The Hall–Kier alpha value is 1.18. The molecule has 7 heteroatoms. The lowest BCUT2D eigenvalue weighted by atomic mass is 9.75. The van der Waals surface area contributed by atoms with Gasteiger partial charge in [0.1, 0.15) is 5.60 Å². The topological polar surface area (TPSA) is 21.7 Å². The van der Waals surface area contributed by atoms with Crippen LogP contribution in [0.2, 0.25) is 0 Å². The van der Waals surface area contributed by atoms with Crippen LogP contribution in [-0.4, -0.2) is 34.3 Å². The van der Waals surface area contributed by atoms with Crippen molar-refractivity contribution >= 4 is 43.3 Å². The number of hydrogen-bond donors (Lipinski definition) is 0. The Balaban J connectivity index is 2.85. The lowest BCUT2D eigenvalue weighted by molar-refractivity contribution is 0.0157. The molecule has 0 radical (unpaired) electrons. The Kier molecular flexibility index (Phi) is 8.42. The molecule has 0 bridgehead atoms. The summed E-state index contributed by atoms with van der Waals surface area (Å²) in [5, 5.41) is 0. The van der Waals surface area contributed by atoms with Crippen molar-refractivity contribution in [2.75, 3.05) is 14.1 Å². The van der Waals surface area contributed by atoms with Crippen LogP contribution in [-0.2, 0) is 9.05 Å². The number of halogens is 3. The van der Waals surface area contributed by atoms with Crippen molar-refractivity contribution in [3.8, 4) is 0 Å². The van der Waals surface area contributed by atoms with Crippen molar-refractivity contribution in [2.45, 2.75) is 69.4 Å². The van der Waals surface area contributed by atoms with E-state index < -0.39 is 17.9 Å². The van der Waals surface area contributed by atoms with E-state index in [1.54, 1.807) is 13.8 Å². The van der Waals surface area contributed by atoms with Crippen molar-refractivity contribution in [3.63, 3.8) is 0 Å². The normalized spacial score (nSPS) is 28.4. The van der Waals surface area contributed by atoms with Crippen LogP contribution in [0.1, 0.15) is 53.9 Å². The third kappa shape index (κ3) is 6.44. The Morgan fingerprint density at radius 3 is 2.13 bits per heavy atom. The van der Waals surface area contributed by atoms with Crippen LogP contribution >= 0.6 is 43.3 Å². The van der Waals surface area contributed by atoms with Crippen LogP contribution < -0.4 is 0 Å². The number of hydrogen-bond acceptors (Lipinski definition) is 3. The summed E-state index contributed by atoms with van der Waals surface area (Å²) in [6.45, 7) is 10.4. The lowest BCUT2D eigenvalue weighted by Gasteiger charge is -2.42. The van der Waals surface area contributed by atoms with Gasteiger partial charge in [-0.15, -0.1) is 0 Å². The van der Waals surface area contributed by atoms with Crippen LogP contribution in [0.5, 0.6) is 0 Å². The first-order valence-corrected chi connectivity index (χ1v) is 10.5. The van der Waals surface area contributed by atoms with Gasteiger partial charge in [0.2, 0.25) is 3.79 Å². The molecule has 0 spiro atoms. The van der Waals surface area contributed by atoms with Crippen LogP contribution in [0.4, 0.5) is 0 Å². The minimum absolute atomic E-state index is 0.193. The smallest absolute Gasteiger partial charge is 0.259 e. The maximum absolute atomic E-state index is 6.42. The van der Waals surface area contributed by atoms with Crippen molar-refractivity contribution in [1.82, 2.24) is 4.67 Å². The fourth-order valence-corrected chi connectivity index (χ4v) is 4.47. The molecule has 1 fully saturated rings. The zero-order chi connectivity index (χ0) is 18.0. The van der Waals surface area contributed by atoms with Crippen molar-refractivity contribution in [3.05, 3.63) is 0 Å². The molecule has 0 amide bonds. The fourth-order valence-electron chi connectivity index (χ4n) is 2.80. The van der Waals surface area contributed by atoms with Gasteiger partial charge in [0.15, 0.2) is 0 Å². The first kappa shape index (κ1) is 22.2. The molecule has 4 atom stereocenters.